The van der Waals surface area contributed by atoms with Crippen molar-refractivity contribution in [3.8, 4) is 0 Å². The second-order valence-corrected chi connectivity index (χ2v) is 4.63. The van der Waals surface area contributed by atoms with Crippen molar-refractivity contribution in [1.29, 1.82) is 0 Å². The van der Waals surface area contributed by atoms with Crippen molar-refractivity contribution in [2.24, 2.45) is 0 Å². The Morgan fingerprint density at radius 3 is 2.62 bits per heavy atom. The molecular weight excluding hydrogens is 183 g/mol. The number of rotatable bonds is 3. The first kappa shape index (κ1) is 10.6. The van der Waals surface area contributed by atoms with E-state index in [2.05, 4.69) is 19.9 Å². The largest absolute Gasteiger partial charge is 0.346 e. The number of benzene rings is 1. The molecule has 0 aliphatic rings. The zero-order valence-electron chi connectivity index (χ0n) is 8.19. The second-order valence-electron chi connectivity index (χ2n) is 3.21. The Bertz CT molecular complexity index is 273. The molecule has 1 aromatic carbocycles. The van der Waals surface area contributed by atoms with Gasteiger partial charge in [0.05, 0.1) is 0 Å². The van der Waals surface area contributed by atoms with Crippen LogP contribution in [0.3, 0.4) is 0 Å². The summed E-state index contributed by atoms with van der Waals surface area (Å²) in [7, 11) is 0.107. The van der Waals surface area contributed by atoms with Gasteiger partial charge in [-0.05, 0) is 23.6 Å². The Balaban J connectivity index is 2.91. The normalized spacial score (nSPS) is 13.3. The smallest absolute Gasteiger partial charge is 0.202 e. The molecule has 3 heteroatoms. The van der Waals surface area contributed by atoms with E-state index >= 15 is 0 Å². The average molecular weight is 198 g/mol. The molecule has 0 saturated heterocycles. The summed E-state index contributed by atoms with van der Waals surface area (Å²) in [6, 6.07) is 7.91. The third-order valence-electron chi connectivity index (χ3n) is 1.93. The third kappa shape index (κ3) is 2.77. The molecule has 0 spiro atoms. The van der Waals surface area contributed by atoms with Crippen molar-refractivity contribution < 1.29 is 9.42 Å². The van der Waals surface area contributed by atoms with Crippen LogP contribution in [-0.2, 0) is 4.52 Å². The van der Waals surface area contributed by atoms with Crippen LogP contribution in [-0.4, -0.2) is 12.0 Å². The lowest BCUT2D eigenvalue weighted by atomic mass is 10.0. The Morgan fingerprint density at radius 2 is 2.08 bits per heavy atom. The molecule has 1 N–H and O–H groups in total. The molecule has 0 amide bonds. The summed E-state index contributed by atoms with van der Waals surface area (Å²) in [5.74, 6) is 0.486. The van der Waals surface area contributed by atoms with Crippen LogP contribution in [0.4, 0.5) is 0 Å². The molecule has 13 heavy (non-hydrogen) atoms. The summed E-state index contributed by atoms with van der Waals surface area (Å²) >= 11 is 0. The summed E-state index contributed by atoms with van der Waals surface area (Å²) in [6.45, 7) is 4.26. The molecule has 0 heterocycles. The quantitative estimate of drug-likeness (QED) is 0.755. The fraction of sp³-hybridized carbons (Fsp3) is 0.400. The van der Waals surface area contributed by atoms with Crippen molar-refractivity contribution in [3.63, 3.8) is 0 Å². The minimum absolute atomic E-state index is 0.486. The average Bonchev–Trinajstić information content (AvgIpc) is 2.17. The summed E-state index contributed by atoms with van der Waals surface area (Å²) in [5, 5.41) is 0.878. The molecule has 1 aromatic rings. The van der Waals surface area contributed by atoms with Gasteiger partial charge in [0.1, 0.15) is 0 Å². The fourth-order valence-corrected chi connectivity index (χ4v) is 1.79. The highest BCUT2D eigenvalue weighted by Gasteiger charge is 2.08. The third-order valence-corrected chi connectivity index (χ3v) is 3.00. The van der Waals surface area contributed by atoms with Gasteiger partial charge >= 0.3 is 0 Å². The van der Waals surface area contributed by atoms with Crippen molar-refractivity contribution in [1.82, 2.24) is 0 Å². The maximum atomic E-state index is 9.48. The van der Waals surface area contributed by atoms with Crippen LogP contribution in [0.15, 0.2) is 24.3 Å². The van der Waals surface area contributed by atoms with Gasteiger partial charge < -0.3 is 9.42 Å². The van der Waals surface area contributed by atoms with E-state index in [4.69, 9.17) is 4.52 Å². The molecule has 1 unspecified atom stereocenters. The van der Waals surface area contributed by atoms with E-state index in [-0.39, 0.29) is 0 Å². The molecule has 0 radical (unpaired) electrons. The molecule has 0 aromatic heterocycles. The summed E-state index contributed by atoms with van der Waals surface area (Å²) in [4.78, 5) is 9.48. The van der Waals surface area contributed by atoms with E-state index in [1.807, 2.05) is 18.2 Å². The molecular formula is C10H15O2P. The van der Waals surface area contributed by atoms with E-state index in [9.17, 15) is 4.89 Å². The maximum absolute atomic E-state index is 9.48. The van der Waals surface area contributed by atoms with E-state index in [0.717, 1.165) is 5.30 Å². The monoisotopic (exact) mass is 198 g/mol. The first-order chi connectivity index (χ1) is 6.15. The highest BCUT2D eigenvalue weighted by Crippen LogP contribution is 2.29. The SMILES string of the molecule is COP(O)c1cccc(C(C)C)c1. The van der Waals surface area contributed by atoms with Gasteiger partial charge in [-0.3, -0.25) is 0 Å². The first-order valence-corrected chi connectivity index (χ1v) is 5.49. The van der Waals surface area contributed by atoms with E-state index < -0.39 is 8.38 Å². The zero-order valence-corrected chi connectivity index (χ0v) is 9.08. The van der Waals surface area contributed by atoms with Crippen LogP contribution in [0.25, 0.3) is 0 Å². The Hall–Kier alpha value is -0.430. The Labute approximate surface area is 80.5 Å². The van der Waals surface area contributed by atoms with Gasteiger partial charge in [-0.15, -0.1) is 0 Å². The Morgan fingerprint density at radius 1 is 1.38 bits per heavy atom. The number of hydrogen-bond donors (Lipinski definition) is 1. The highest BCUT2D eigenvalue weighted by molar-refractivity contribution is 7.54. The van der Waals surface area contributed by atoms with E-state index in [1.165, 1.54) is 12.7 Å². The van der Waals surface area contributed by atoms with Gasteiger partial charge in [0.2, 0.25) is 8.38 Å². The molecule has 0 aliphatic carbocycles. The molecule has 1 rings (SSSR count). The fourth-order valence-electron chi connectivity index (χ4n) is 1.11. The van der Waals surface area contributed by atoms with Crippen molar-refractivity contribution >= 4 is 13.7 Å². The summed E-state index contributed by atoms with van der Waals surface area (Å²) in [6.07, 6.45) is 0. The molecule has 0 saturated carbocycles. The van der Waals surface area contributed by atoms with Crippen LogP contribution in [0.2, 0.25) is 0 Å². The lowest BCUT2D eigenvalue weighted by Crippen LogP contribution is -2.03. The van der Waals surface area contributed by atoms with Gasteiger partial charge in [0.15, 0.2) is 0 Å². The zero-order chi connectivity index (χ0) is 9.84. The predicted molar refractivity (Wildman–Crippen MR) is 56.3 cm³/mol. The van der Waals surface area contributed by atoms with E-state index in [0.29, 0.717) is 5.92 Å². The first-order valence-electron chi connectivity index (χ1n) is 4.28. The standard InChI is InChI=1S/C10H15O2P/c1-8(2)9-5-4-6-10(7-9)13(11)12-3/h4-8,11H,1-3H3. The van der Waals surface area contributed by atoms with Crippen molar-refractivity contribution in [2.75, 3.05) is 7.11 Å². The lowest BCUT2D eigenvalue weighted by Gasteiger charge is -2.10. The van der Waals surface area contributed by atoms with Crippen molar-refractivity contribution in [3.05, 3.63) is 29.8 Å². The van der Waals surface area contributed by atoms with Gasteiger partial charge in [-0.2, -0.15) is 0 Å². The van der Waals surface area contributed by atoms with Gasteiger partial charge in [-0.1, -0.05) is 26.0 Å². The number of hydrogen-bond acceptors (Lipinski definition) is 2. The van der Waals surface area contributed by atoms with Crippen LogP contribution in [0.5, 0.6) is 0 Å². The predicted octanol–water partition coefficient (Wildman–Crippen LogP) is 2.39. The molecule has 0 aliphatic heterocycles. The van der Waals surface area contributed by atoms with Gasteiger partial charge in [-0.25, -0.2) is 0 Å². The molecule has 2 nitrogen and oxygen atoms in total. The highest BCUT2D eigenvalue weighted by atomic mass is 31.2. The maximum Gasteiger partial charge on any atom is 0.202 e. The van der Waals surface area contributed by atoms with Crippen molar-refractivity contribution in [2.45, 2.75) is 19.8 Å². The molecule has 1 atom stereocenters. The second kappa shape index (κ2) is 4.71. The summed E-state index contributed by atoms with van der Waals surface area (Å²) < 4.78 is 4.89. The molecule has 0 fully saturated rings. The molecule has 0 bridgehead atoms. The Kier molecular flexibility index (Phi) is 3.86. The van der Waals surface area contributed by atoms with Gasteiger partial charge in [0, 0.05) is 12.4 Å². The minimum Gasteiger partial charge on any atom is -0.346 e. The topological polar surface area (TPSA) is 29.5 Å². The van der Waals surface area contributed by atoms with E-state index in [1.54, 1.807) is 0 Å². The van der Waals surface area contributed by atoms with Crippen LogP contribution >= 0.6 is 8.38 Å². The summed E-state index contributed by atoms with van der Waals surface area (Å²) in [5.41, 5.74) is 1.23. The van der Waals surface area contributed by atoms with Gasteiger partial charge in [0.25, 0.3) is 0 Å². The lowest BCUT2D eigenvalue weighted by molar-refractivity contribution is 0.400. The van der Waals surface area contributed by atoms with Crippen LogP contribution < -0.4 is 5.30 Å². The van der Waals surface area contributed by atoms with Crippen LogP contribution in [0.1, 0.15) is 25.3 Å². The van der Waals surface area contributed by atoms with Crippen LogP contribution in [0, 0.1) is 0 Å². The molecule has 72 valence electrons. The minimum atomic E-state index is -1.41.